The zero-order chi connectivity index (χ0) is 13.7. The van der Waals surface area contributed by atoms with E-state index < -0.39 is 16.3 Å². The molecule has 0 bridgehead atoms. The van der Waals surface area contributed by atoms with E-state index in [1.165, 1.54) is 0 Å². The summed E-state index contributed by atoms with van der Waals surface area (Å²) in [6.07, 6.45) is 8.07. The molecule has 1 saturated heterocycles. The summed E-state index contributed by atoms with van der Waals surface area (Å²) in [6, 6.07) is -0.309. The summed E-state index contributed by atoms with van der Waals surface area (Å²) >= 11 is 0. The second-order valence-electron chi connectivity index (χ2n) is 5.75. The second kappa shape index (κ2) is 7.02. The molecule has 0 radical (unpaired) electrons. The minimum Gasteiger partial charge on any atom is -0.391 e. The summed E-state index contributed by atoms with van der Waals surface area (Å²) in [6.45, 7) is 1.22. The van der Waals surface area contributed by atoms with Crippen LogP contribution in [0, 0.1) is 0 Å². The van der Waals surface area contributed by atoms with Crippen molar-refractivity contribution in [3.05, 3.63) is 0 Å². The smallest absolute Gasteiger partial charge is 0.279 e. The van der Waals surface area contributed by atoms with E-state index in [4.69, 9.17) is 0 Å². The number of aliphatic hydroxyl groups excluding tert-OH is 1. The highest BCUT2D eigenvalue weighted by Crippen LogP contribution is 2.20. The van der Waals surface area contributed by atoms with Crippen molar-refractivity contribution in [1.29, 1.82) is 0 Å². The number of hydrogen-bond donors (Lipinski definition) is 2. The maximum atomic E-state index is 12.4. The van der Waals surface area contributed by atoms with E-state index in [9.17, 15) is 13.5 Å². The van der Waals surface area contributed by atoms with Crippen LogP contribution in [0.1, 0.15) is 57.8 Å². The maximum Gasteiger partial charge on any atom is 0.279 e. The van der Waals surface area contributed by atoms with Gasteiger partial charge in [-0.05, 0) is 25.7 Å². The van der Waals surface area contributed by atoms with Crippen molar-refractivity contribution in [3.63, 3.8) is 0 Å². The first-order chi connectivity index (χ1) is 9.09. The molecule has 1 aliphatic carbocycles. The van der Waals surface area contributed by atoms with Gasteiger partial charge in [0.25, 0.3) is 10.2 Å². The monoisotopic (exact) mass is 290 g/mol. The molecule has 2 rings (SSSR count). The van der Waals surface area contributed by atoms with E-state index in [2.05, 4.69) is 4.72 Å². The zero-order valence-electron chi connectivity index (χ0n) is 11.6. The SMILES string of the molecule is O=S(=O)(NC1CCCCCC1O)N1CCCCCC1. The molecule has 1 heterocycles. The molecule has 6 heteroatoms. The molecule has 0 amide bonds. The first kappa shape index (κ1) is 15.2. The molecule has 2 unspecified atom stereocenters. The quantitative estimate of drug-likeness (QED) is 0.772. The zero-order valence-corrected chi connectivity index (χ0v) is 12.4. The van der Waals surface area contributed by atoms with Gasteiger partial charge in [-0.25, -0.2) is 0 Å². The number of hydrogen-bond acceptors (Lipinski definition) is 3. The van der Waals surface area contributed by atoms with Crippen LogP contribution in [0.2, 0.25) is 0 Å². The van der Waals surface area contributed by atoms with Gasteiger partial charge in [-0.15, -0.1) is 0 Å². The van der Waals surface area contributed by atoms with Crippen molar-refractivity contribution in [2.75, 3.05) is 13.1 Å². The van der Waals surface area contributed by atoms with E-state index in [-0.39, 0.29) is 6.04 Å². The van der Waals surface area contributed by atoms with Gasteiger partial charge in [-0.2, -0.15) is 17.4 Å². The number of nitrogens with zero attached hydrogens (tertiary/aromatic N) is 1. The Bertz CT molecular complexity index is 364. The van der Waals surface area contributed by atoms with Crippen LogP contribution in [0.5, 0.6) is 0 Å². The Morgan fingerprint density at radius 3 is 2.16 bits per heavy atom. The average Bonchev–Trinajstić information content (AvgIpc) is 2.74. The molecule has 0 aromatic carbocycles. The maximum absolute atomic E-state index is 12.4. The molecule has 5 nitrogen and oxygen atoms in total. The largest absolute Gasteiger partial charge is 0.391 e. The van der Waals surface area contributed by atoms with E-state index in [0.717, 1.165) is 51.4 Å². The molecular weight excluding hydrogens is 264 g/mol. The second-order valence-corrected chi connectivity index (χ2v) is 7.45. The minimum absolute atomic E-state index is 0.309. The molecule has 1 saturated carbocycles. The van der Waals surface area contributed by atoms with Gasteiger partial charge in [-0.3, -0.25) is 0 Å². The summed E-state index contributed by atoms with van der Waals surface area (Å²) < 4.78 is 29.0. The van der Waals surface area contributed by atoms with Gasteiger partial charge in [0.05, 0.1) is 6.10 Å². The molecule has 1 aliphatic heterocycles. The van der Waals surface area contributed by atoms with Crippen LogP contribution in [0.15, 0.2) is 0 Å². The summed E-state index contributed by atoms with van der Waals surface area (Å²) in [7, 11) is -3.43. The Labute approximate surface area is 116 Å². The van der Waals surface area contributed by atoms with Crippen LogP contribution in [0.3, 0.4) is 0 Å². The lowest BCUT2D eigenvalue weighted by Crippen LogP contribution is -2.49. The van der Waals surface area contributed by atoms with Gasteiger partial charge in [0.15, 0.2) is 0 Å². The Morgan fingerprint density at radius 1 is 0.895 bits per heavy atom. The Hall–Kier alpha value is -0.170. The molecule has 0 aromatic rings. The van der Waals surface area contributed by atoms with Crippen LogP contribution in [-0.4, -0.2) is 43.1 Å². The van der Waals surface area contributed by atoms with Crippen LogP contribution in [-0.2, 0) is 10.2 Å². The van der Waals surface area contributed by atoms with Gasteiger partial charge in [0.1, 0.15) is 0 Å². The average molecular weight is 290 g/mol. The van der Waals surface area contributed by atoms with Crippen LogP contribution >= 0.6 is 0 Å². The molecule has 2 aliphatic rings. The van der Waals surface area contributed by atoms with Crippen molar-refractivity contribution in [2.45, 2.75) is 69.9 Å². The number of aliphatic hydroxyl groups is 1. The lowest BCUT2D eigenvalue weighted by Gasteiger charge is -2.26. The van der Waals surface area contributed by atoms with E-state index in [1.54, 1.807) is 4.31 Å². The van der Waals surface area contributed by atoms with Crippen LogP contribution < -0.4 is 4.72 Å². The van der Waals surface area contributed by atoms with Crippen molar-refractivity contribution in [3.8, 4) is 0 Å². The fraction of sp³-hybridized carbons (Fsp3) is 1.00. The lowest BCUT2D eigenvalue weighted by atomic mass is 10.1. The van der Waals surface area contributed by atoms with Crippen LogP contribution in [0.25, 0.3) is 0 Å². The molecule has 19 heavy (non-hydrogen) atoms. The summed E-state index contributed by atoms with van der Waals surface area (Å²) in [4.78, 5) is 0. The molecule has 2 N–H and O–H groups in total. The fourth-order valence-electron chi connectivity index (χ4n) is 2.97. The molecule has 0 aromatic heterocycles. The highest BCUT2D eigenvalue weighted by molar-refractivity contribution is 7.87. The van der Waals surface area contributed by atoms with E-state index >= 15 is 0 Å². The first-order valence-electron chi connectivity index (χ1n) is 7.55. The number of rotatable bonds is 3. The van der Waals surface area contributed by atoms with E-state index in [1.807, 2.05) is 0 Å². The minimum atomic E-state index is -3.43. The normalized spacial score (nSPS) is 31.6. The topological polar surface area (TPSA) is 69.6 Å². The van der Waals surface area contributed by atoms with Crippen molar-refractivity contribution in [1.82, 2.24) is 9.03 Å². The van der Waals surface area contributed by atoms with Crippen molar-refractivity contribution in [2.24, 2.45) is 0 Å². The third-order valence-electron chi connectivity index (χ3n) is 4.18. The Morgan fingerprint density at radius 2 is 1.47 bits per heavy atom. The molecule has 112 valence electrons. The van der Waals surface area contributed by atoms with Gasteiger partial charge in [-0.1, -0.05) is 32.1 Å². The molecule has 2 fully saturated rings. The summed E-state index contributed by atoms with van der Waals surface area (Å²) in [5, 5.41) is 10.0. The summed E-state index contributed by atoms with van der Waals surface area (Å²) in [5.41, 5.74) is 0. The highest BCUT2D eigenvalue weighted by Gasteiger charge is 2.30. The van der Waals surface area contributed by atoms with Gasteiger partial charge >= 0.3 is 0 Å². The predicted molar refractivity (Wildman–Crippen MR) is 75.0 cm³/mol. The third kappa shape index (κ3) is 4.41. The number of nitrogens with one attached hydrogen (secondary N) is 1. The van der Waals surface area contributed by atoms with Crippen LogP contribution in [0.4, 0.5) is 0 Å². The molecule has 2 atom stereocenters. The Balaban J connectivity index is 1.98. The summed E-state index contributed by atoms with van der Waals surface area (Å²) in [5.74, 6) is 0. The molecule has 0 spiro atoms. The third-order valence-corrected chi connectivity index (χ3v) is 5.83. The molecular formula is C13H26N2O3S. The predicted octanol–water partition coefficient (Wildman–Crippen LogP) is 1.39. The van der Waals surface area contributed by atoms with Crippen molar-refractivity contribution >= 4 is 10.2 Å². The standard InChI is InChI=1S/C13H26N2O3S/c16-13-9-5-3-4-8-12(13)14-19(17,18)15-10-6-1-2-7-11-15/h12-14,16H,1-11H2. The lowest BCUT2D eigenvalue weighted by molar-refractivity contribution is 0.129. The van der Waals surface area contributed by atoms with Gasteiger partial charge in [0, 0.05) is 19.1 Å². The fourth-order valence-corrected chi connectivity index (χ4v) is 4.52. The van der Waals surface area contributed by atoms with E-state index in [0.29, 0.717) is 19.5 Å². The van der Waals surface area contributed by atoms with Gasteiger partial charge < -0.3 is 5.11 Å². The Kier molecular flexibility index (Phi) is 5.62. The first-order valence-corrected chi connectivity index (χ1v) is 8.99. The highest BCUT2D eigenvalue weighted by atomic mass is 32.2. The van der Waals surface area contributed by atoms with Crippen molar-refractivity contribution < 1.29 is 13.5 Å². The van der Waals surface area contributed by atoms with Gasteiger partial charge in [0.2, 0.25) is 0 Å².